The van der Waals surface area contributed by atoms with Crippen molar-refractivity contribution >= 4 is 11.8 Å². The second kappa shape index (κ2) is 7.36. The number of carbonyl (C=O) groups excluding carboxylic acids is 1. The molecule has 0 aliphatic carbocycles. The van der Waals surface area contributed by atoms with E-state index in [1.165, 1.54) is 30.5 Å². The smallest absolute Gasteiger partial charge is 0.340 e. The summed E-state index contributed by atoms with van der Waals surface area (Å²) in [5, 5.41) is 39.3. The summed E-state index contributed by atoms with van der Waals surface area (Å²) in [6.07, 6.45) is -0.408. The van der Waals surface area contributed by atoms with E-state index >= 15 is 0 Å². The number of pyridine rings is 1. The molecule has 2 aromatic carbocycles. The van der Waals surface area contributed by atoms with Crippen LogP contribution in [0.5, 0.6) is 28.7 Å². The molecule has 9 nitrogen and oxygen atoms in total. The summed E-state index contributed by atoms with van der Waals surface area (Å²) in [5.41, 5.74) is 6.37. The number of ether oxygens (including phenoxy) is 2. The van der Waals surface area contributed by atoms with Crippen LogP contribution < -0.4 is 10.5 Å². The highest BCUT2D eigenvalue weighted by Gasteiger charge is 2.36. The van der Waals surface area contributed by atoms with Crippen LogP contribution in [0.25, 0.3) is 0 Å². The van der Waals surface area contributed by atoms with Gasteiger partial charge in [0, 0.05) is 23.7 Å². The minimum absolute atomic E-state index is 0.00709. The second-order valence-corrected chi connectivity index (χ2v) is 6.82. The van der Waals surface area contributed by atoms with Crippen LogP contribution in [0.2, 0.25) is 0 Å². The Morgan fingerprint density at radius 2 is 1.83 bits per heavy atom. The van der Waals surface area contributed by atoms with Crippen LogP contribution in [0.3, 0.4) is 0 Å². The molecule has 0 saturated carbocycles. The summed E-state index contributed by atoms with van der Waals surface area (Å²) in [7, 11) is 0. The molecule has 0 bridgehead atoms. The van der Waals surface area contributed by atoms with Crippen LogP contribution >= 0.6 is 0 Å². The van der Waals surface area contributed by atoms with E-state index < -0.39 is 18.2 Å². The molecule has 0 fully saturated rings. The lowest BCUT2D eigenvalue weighted by Crippen LogP contribution is -2.34. The van der Waals surface area contributed by atoms with Crippen molar-refractivity contribution in [3.8, 4) is 28.7 Å². The van der Waals surface area contributed by atoms with Gasteiger partial charge in [-0.1, -0.05) is 12.1 Å². The van der Waals surface area contributed by atoms with E-state index in [-0.39, 0.29) is 40.8 Å². The Bertz CT molecular complexity index is 1130. The minimum Gasteiger partial charge on any atom is -0.508 e. The lowest BCUT2D eigenvalue weighted by molar-refractivity contribution is -0.0188. The van der Waals surface area contributed by atoms with Gasteiger partial charge in [0.15, 0.2) is 29.2 Å². The van der Waals surface area contributed by atoms with Gasteiger partial charge in [-0.25, -0.2) is 9.78 Å². The standard InChI is InChI=1S/C21H18N2O7/c22-20-16(27)7-11(9-23-20)21(28)30-18-8-12-13(24)2-1-3-17(12)29-19(18)10-4-5-14(25)15(26)6-10/h1-7,9,18-19,24-27H,8H2,(H2,22,23)/t18?,19-/m1/s1. The summed E-state index contributed by atoms with van der Waals surface area (Å²) >= 11 is 0. The van der Waals surface area contributed by atoms with E-state index in [2.05, 4.69) is 4.98 Å². The van der Waals surface area contributed by atoms with Gasteiger partial charge in [-0.05, 0) is 30.3 Å². The summed E-state index contributed by atoms with van der Waals surface area (Å²) in [6, 6.07) is 10.1. The molecule has 0 spiro atoms. The number of aromatic nitrogens is 1. The Labute approximate surface area is 170 Å². The molecule has 6 N–H and O–H groups in total. The number of anilines is 1. The summed E-state index contributed by atoms with van der Waals surface area (Å²) in [4.78, 5) is 16.4. The number of aromatic hydroxyl groups is 4. The van der Waals surface area contributed by atoms with Gasteiger partial charge in [-0.15, -0.1) is 0 Å². The highest BCUT2D eigenvalue weighted by atomic mass is 16.6. The van der Waals surface area contributed by atoms with E-state index in [0.717, 1.165) is 6.07 Å². The zero-order valence-electron chi connectivity index (χ0n) is 15.5. The zero-order chi connectivity index (χ0) is 21.4. The largest absolute Gasteiger partial charge is 0.508 e. The molecule has 1 aliphatic rings. The van der Waals surface area contributed by atoms with Crippen molar-refractivity contribution in [1.82, 2.24) is 4.98 Å². The van der Waals surface area contributed by atoms with E-state index in [1.54, 1.807) is 12.1 Å². The topological polar surface area (TPSA) is 155 Å². The van der Waals surface area contributed by atoms with Gasteiger partial charge < -0.3 is 35.6 Å². The third kappa shape index (κ3) is 3.48. The molecular formula is C21H18N2O7. The van der Waals surface area contributed by atoms with Gasteiger partial charge in [0.05, 0.1) is 5.56 Å². The first-order chi connectivity index (χ1) is 14.3. The van der Waals surface area contributed by atoms with Crippen molar-refractivity contribution in [2.24, 2.45) is 0 Å². The fourth-order valence-electron chi connectivity index (χ4n) is 3.28. The molecule has 2 heterocycles. The number of hydrogen-bond donors (Lipinski definition) is 5. The van der Waals surface area contributed by atoms with E-state index in [9.17, 15) is 25.2 Å². The molecule has 9 heteroatoms. The first kappa shape index (κ1) is 19.2. The Balaban J connectivity index is 1.69. The predicted molar refractivity (Wildman–Crippen MR) is 104 cm³/mol. The number of hydrogen-bond acceptors (Lipinski definition) is 9. The van der Waals surface area contributed by atoms with Crippen LogP contribution in [-0.2, 0) is 11.2 Å². The molecule has 30 heavy (non-hydrogen) atoms. The number of carbonyl (C=O) groups is 1. The normalized spacial score (nSPS) is 17.6. The average Bonchev–Trinajstić information content (AvgIpc) is 2.72. The number of phenols is 3. The van der Waals surface area contributed by atoms with Crippen LogP contribution in [0.15, 0.2) is 48.7 Å². The number of nitrogen functional groups attached to an aromatic ring is 1. The van der Waals surface area contributed by atoms with Gasteiger partial charge in [0.1, 0.15) is 17.6 Å². The van der Waals surface area contributed by atoms with Crippen LogP contribution in [-0.4, -0.2) is 37.5 Å². The highest BCUT2D eigenvalue weighted by Crippen LogP contribution is 2.42. The fraction of sp³-hybridized carbons (Fsp3) is 0.143. The zero-order valence-corrected chi connectivity index (χ0v) is 15.5. The molecule has 1 unspecified atom stereocenters. The highest BCUT2D eigenvalue weighted by molar-refractivity contribution is 5.90. The van der Waals surface area contributed by atoms with Crippen molar-refractivity contribution < 1.29 is 34.7 Å². The molecule has 4 rings (SSSR count). The maximum absolute atomic E-state index is 12.6. The van der Waals surface area contributed by atoms with Gasteiger partial charge in [0.2, 0.25) is 0 Å². The molecular weight excluding hydrogens is 392 g/mol. The third-order valence-electron chi connectivity index (χ3n) is 4.82. The van der Waals surface area contributed by atoms with Crippen LogP contribution in [0.4, 0.5) is 5.82 Å². The molecule has 1 aromatic heterocycles. The first-order valence-corrected chi connectivity index (χ1v) is 8.98. The third-order valence-corrected chi connectivity index (χ3v) is 4.82. The van der Waals surface area contributed by atoms with Gasteiger partial charge in [-0.2, -0.15) is 0 Å². The second-order valence-electron chi connectivity index (χ2n) is 6.82. The van der Waals surface area contributed by atoms with Crippen molar-refractivity contribution in [2.45, 2.75) is 18.6 Å². The van der Waals surface area contributed by atoms with Crippen LogP contribution in [0, 0.1) is 0 Å². The van der Waals surface area contributed by atoms with Crippen molar-refractivity contribution in [3.63, 3.8) is 0 Å². The van der Waals surface area contributed by atoms with Crippen molar-refractivity contribution in [3.05, 3.63) is 65.4 Å². The van der Waals surface area contributed by atoms with Gasteiger partial charge >= 0.3 is 5.97 Å². The lowest BCUT2D eigenvalue weighted by atomic mass is 9.93. The first-order valence-electron chi connectivity index (χ1n) is 8.98. The van der Waals surface area contributed by atoms with Gasteiger partial charge in [-0.3, -0.25) is 0 Å². The van der Waals surface area contributed by atoms with E-state index in [1.807, 2.05) is 0 Å². The van der Waals surface area contributed by atoms with Gasteiger partial charge in [0.25, 0.3) is 0 Å². The monoisotopic (exact) mass is 410 g/mol. The summed E-state index contributed by atoms with van der Waals surface area (Å²) in [5.74, 6) is -1.51. The van der Waals surface area contributed by atoms with E-state index in [4.69, 9.17) is 15.2 Å². The maximum Gasteiger partial charge on any atom is 0.340 e. The SMILES string of the molecule is Nc1ncc(C(=O)OC2Cc3c(O)cccc3O[C@@H]2c2ccc(O)c(O)c2)cc1O. The Hall–Kier alpha value is -4.14. The van der Waals surface area contributed by atoms with Crippen molar-refractivity contribution in [2.75, 3.05) is 5.73 Å². The fourth-order valence-corrected chi connectivity index (χ4v) is 3.28. The lowest BCUT2D eigenvalue weighted by Gasteiger charge is -2.33. The number of benzene rings is 2. The predicted octanol–water partition coefficient (Wildman–Crippen LogP) is 2.39. The number of nitrogens with two attached hydrogens (primary N) is 1. The molecule has 3 aromatic rings. The molecule has 0 saturated heterocycles. The maximum atomic E-state index is 12.6. The van der Waals surface area contributed by atoms with Crippen LogP contribution in [0.1, 0.15) is 27.6 Å². The minimum atomic E-state index is -0.887. The Morgan fingerprint density at radius 3 is 2.57 bits per heavy atom. The summed E-state index contributed by atoms with van der Waals surface area (Å²) < 4.78 is 11.6. The number of fused-ring (bicyclic) bond motifs is 1. The molecule has 2 atom stereocenters. The molecule has 1 aliphatic heterocycles. The molecule has 0 radical (unpaired) electrons. The number of esters is 1. The summed E-state index contributed by atoms with van der Waals surface area (Å²) in [6.45, 7) is 0. The molecule has 0 amide bonds. The number of phenolic OH excluding ortho intramolecular Hbond substituents is 3. The average molecular weight is 410 g/mol. The number of nitrogens with zero attached hydrogens (tertiary/aromatic N) is 1. The Morgan fingerprint density at radius 1 is 1.03 bits per heavy atom. The van der Waals surface area contributed by atoms with E-state index in [0.29, 0.717) is 16.9 Å². The Kier molecular flexibility index (Phi) is 4.71. The molecule has 154 valence electrons. The van der Waals surface area contributed by atoms with Crippen molar-refractivity contribution in [1.29, 1.82) is 0 Å². The quantitative estimate of drug-likeness (QED) is 0.323. The number of rotatable bonds is 3.